The standard InChI is InChI=1S/C16H16BrNO4/c1-20-13-7-5-4-6-10(13)16(19)18-12-9-14(21-2)11(17)8-15(12)22-3/h4-9H,1-3H3,(H,18,19). The van der Waals surface area contributed by atoms with Gasteiger partial charge < -0.3 is 19.5 Å². The van der Waals surface area contributed by atoms with Gasteiger partial charge in [-0.2, -0.15) is 0 Å². The predicted octanol–water partition coefficient (Wildman–Crippen LogP) is 3.73. The first kappa shape index (κ1) is 16.2. The minimum atomic E-state index is -0.292. The number of rotatable bonds is 5. The molecule has 0 aromatic heterocycles. The Kier molecular flexibility index (Phi) is 5.27. The summed E-state index contributed by atoms with van der Waals surface area (Å²) in [6, 6.07) is 10.4. The number of ether oxygens (including phenoxy) is 3. The van der Waals surface area contributed by atoms with Crippen molar-refractivity contribution in [2.45, 2.75) is 0 Å². The third kappa shape index (κ3) is 3.33. The van der Waals surface area contributed by atoms with E-state index in [2.05, 4.69) is 21.2 Å². The summed E-state index contributed by atoms with van der Waals surface area (Å²) in [5.74, 6) is 1.33. The van der Waals surface area contributed by atoms with Crippen LogP contribution in [0.4, 0.5) is 5.69 Å². The third-order valence-corrected chi connectivity index (χ3v) is 3.69. The molecule has 0 spiro atoms. The second kappa shape index (κ2) is 7.17. The molecule has 1 N–H and O–H groups in total. The lowest BCUT2D eigenvalue weighted by Crippen LogP contribution is -2.14. The molecule has 0 atom stereocenters. The van der Waals surface area contributed by atoms with Gasteiger partial charge in [0.2, 0.25) is 0 Å². The van der Waals surface area contributed by atoms with E-state index in [1.54, 1.807) is 43.5 Å². The summed E-state index contributed by atoms with van der Waals surface area (Å²) in [4.78, 5) is 12.4. The molecule has 6 heteroatoms. The molecule has 116 valence electrons. The number of carbonyl (C=O) groups excluding carboxylic acids is 1. The van der Waals surface area contributed by atoms with E-state index < -0.39 is 0 Å². The van der Waals surface area contributed by atoms with E-state index in [1.807, 2.05) is 0 Å². The second-order valence-electron chi connectivity index (χ2n) is 4.34. The zero-order valence-corrected chi connectivity index (χ0v) is 14.1. The highest BCUT2D eigenvalue weighted by molar-refractivity contribution is 9.10. The topological polar surface area (TPSA) is 56.8 Å². The normalized spacial score (nSPS) is 10.0. The van der Waals surface area contributed by atoms with Gasteiger partial charge in [0.1, 0.15) is 17.2 Å². The summed E-state index contributed by atoms with van der Waals surface area (Å²) in [7, 11) is 4.61. The maximum absolute atomic E-state index is 12.4. The molecule has 2 aromatic rings. The number of amides is 1. The molecular formula is C16H16BrNO4. The Morgan fingerprint density at radius 2 is 1.59 bits per heavy atom. The monoisotopic (exact) mass is 365 g/mol. The molecule has 0 fully saturated rings. The predicted molar refractivity (Wildman–Crippen MR) is 88.2 cm³/mol. The molecule has 2 aromatic carbocycles. The molecule has 5 nitrogen and oxygen atoms in total. The first-order chi connectivity index (χ1) is 10.6. The molecule has 0 aliphatic rings. The smallest absolute Gasteiger partial charge is 0.259 e. The van der Waals surface area contributed by atoms with Crippen molar-refractivity contribution in [1.29, 1.82) is 0 Å². The largest absolute Gasteiger partial charge is 0.496 e. The lowest BCUT2D eigenvalue weighted by molar-refractivity contribution is 0.102. The van der Waals surface area contributed by atoms with Crippen molar-refractivity contribution in [2.75, 3.05) is 26.6 Å². The number of halogens is 1. The first-order valence-electron chi connectivity index (χ1n) is 6.46. The van der Waals surface area contributed by atoms with Crippen molar-refractivity contribution in [3.8, 4) is 17.2 Å². The molecule has 0 aliphatic heterocycles. The van der Waals surface area contributed by atoms with Gasteiger partial charge in [0.15, 0.2) is 0 Å². The van der Waals surface area contributed by atoms with Crippen LogP contribution in [0, 0.1) is 0 Å². The zero-order valence-electron chi connectivity index (χ0n) is 12.5. The second-order valence-corrected chi connectivity index (χ2v) is 5.20. The highest BCUT2D eigenvalue weighted by Gasteiger charge is 2.16. The van der Waals surface area contributed by atoms with Crippen LogP contribution < -0.4 is 19.5 Å². The highest BCUT2D eigenvalue weighted by Crippen LogP contribution is 2.36. The van der Waals surface area contributed by atoms with Crippen molar-refractivity contribution in [3.05, 3.63) is 46.4 Å². The number of para-hydroxylation sites is 1. The summed E-state index contributed by atoms with van der Waals surface area (Å²) >= 11 is 3.38. The van der Waals surface area contributed by atoms with Crippen LogP contribution in [0.3, 0.4) is 0 Å². The Morgan fingerprint density at radius 3 is 2.23 bits per heavy atom. The summed E-state index contributed by atoms with van der Waals surface area (Å²) in [6.45, 7) is 0. The fourth-order valence-electron chi connectivity index (χ4n) is 1.98. The van der Waals surface area contributed by atoms with Crippen LogP contribution in [0.1, 0.15) is 10.4 Å². The van der Waals surface area contributed by atoms with E-state index in [1.165, 1.54) is 14.2 Å². The number of methoxy groups -OCH3 is 3. The van der Waals surface area contributed by atoms with E-state index in [0.717, 1.165) is 4.47 Å². The fourth-order valence-corrected chi connectivity index (χ4v) is 2.46. The van der Waals surface area contributed by atoms with Gasteiger partial charge in [-0.25, -0.2) is 0 Å². The molecule has 2 rings (SSSR count). The molecule has 1 amide bonds. The Bertz CT molecular complexity index is 688. The third-order valence-electron chi connectivity index (χ3n) is 3.07. The van der Waals surface area contributed by atoms with Crippen LogP contribution in [0.25, 0.3) is 0 Å². The van der Waals surface area contributed by atoms with Gasteiger partial charge >= 0.3 is 0 Å². The van der Waals surface area contributed by atoms with Crippen molar-refractivity contribution < 1.29 is 19.0 Å². The number of anilines is 1. The molecule has 0 bridgehead atoms. The van der Waals surface area contributed by atoms with Crippen LogP contribution in [0.5, 0.6) is 17.2 Å². The minimum Gasteiger partial charge on any atom is -0.496 e. The van der Waals surface area contributed by atoms with E-state index in [4.69, 9.17) is 14.2 Å². The number of hydrogen-bond acceptors (Lipinski definition) is 4. The molecule has 0 unspecified atom stereocenters. The van der Waals surface area contributed by atoms with Crippen LogP contribution >= 0.6 is 15.9 Å². The molecular weight excluding hydrogens is 350 g/mol. The number of benzene rings is 2. The fraction of sp³-hybridized carbons (Fsp3) is 0.188. The molecule has 0 heterocycles. The van der Waals surface area contributed by atoms with Crippen LogP contribution in [0.2, 0.25) is 0 Å². The van der Waals surface area contributed by atoms with Gasteiger partial charge in [0, 0.05) is 12.1 Å². The minimum absolute atomic E-state index is 0.292. The van der Waals surface area contributed by atoms with Crippen LogP contribution in [-0.2, 0) is 0 Å². The van der Waals surface area contributed by atoms with Crippen molar-refractivity contribution >= 4 is 27.5 Å². The van der Waals surface area contributed by atoms with Crippen LogP contribution in [0.15, 0.2) is 40.9 Å². The van der Waals surface area contributed by atoms with Crippen molar-refractivity contribution in [1.82, 2.24) is 0 Å². The summed E-state index contributed by atoms with van der Waals surface area (Å²) in [6.07, 6.45) is 0. The Balaban J connectivity index is 2.35. The SMILES string of the molecule is COc1cc(NC(=O)c2ccccc2OC)c(OC)cc1Br. The Labute approximate surface area is 137 Å². The van der Waals surface area contributed by atoms with Gasteiger partial charge in [0.25, 0.3) is 5.91 Å². The van der Waals surface area contributed by atoms with Crippen molar-refractivity contribution in [3.63, 3.8) is 0 Å². The lowest BCUT2D eigenvalue weighted by Gasteiger charge is -2.14. The van der Waals surface area contributed by atoms with E-state index >= 15 is 0 Å². The van der Waals surface area contributed by atoms with Gasteiger partial charge in [-0.3, -0.25) is 4.79 Å². The van der Waals surface area contributed by atoms with Gasteiger partial charge in [-0.15, -0.1) is 0 Å². The van der Waals surface area contributed by atoms with Gasteiger partial charge in [0.05, 0.1) is 37.1 Å². The molecule has 0 aliphatic carbocycles. The molecule has 0 saturated heterocycles. The van der Waals surface area contributed by atoms with E-state index in [0.29, 0.717) is 28.5 Å². The van der Waals surface area contributed by atoms with E-state index in [9.17, 15) is 4.79 Å². The number of hydrogen-bond donors (Lipinski definition) is 1. The average molecular weight is 366 g/mol. The summed E-state index contributed by atoms with van der Waals surface area (Å²) < 4.78 is 16.5. The number of nitrogens with one attached hydrogen (secondary N) is 1. The number of carbonyl (C=O) groups is 1. The lowest BCUT2D eigenvalue weighted by atomic mass is 10.1. The summed E-state index contributed by atoms with van der Waals surface area (Å²) in [5, 5.41) is 2.81. The molecule has 0 saturated carbocycles. The molecule has 0 radical (unpaired) electrons. The molecule has 22 heavy (non-hydrogen) atoms. The van der Waals surface area contributed by atoms with Gasteiger partial charge in [-0.05, 0) is 28.1 Å². The maximum atomic E-state index is 12.4. The highest BCUT2D eigenvalue weighted by atomic mass is 79.9. The summed E-state index contributed by atoms with van der Waals surface area (Å²) in [5.41, 5.74) is 0.951. The maximum Gasteiger partial charge on any atom is 0.259 e. The van der Waals surface area contributed by atoms with Crippen molar-refractivity contribution in [2.24, 2.45) is 0 Å². The zero-order chi connectivity index (χ0) is 16.1. The quantitative estimate of drug-likeness (QED) is 0.876. The average Bonchev–Trinajstić information content (AvgIpc) is 2.55. The van der Waals surface area contributed by atoms with Crippen LogP contribution in [-0.4, -0.2) is 27.2 Å². The first-order valence-corrected chi connectivity index (χ1v) is 7.26. The van der Waals surface area contributed by atoms with Gasteiger partial charge in [-0.1, -0.05) is 12.1 Å². The Hall–Kier alpha value is -2.21. The van der Waals surface area contributed by atoms with E-state index in [-0.39, 0.29) is 5.91 Å². The Morgan fingerprint density at radius 1 is 0.955 bits per heavy atom.